The van der Waals surface area contributed by atoms with Crippen molar-refractivity contribution in [2.24, 2.45) is 10.2 Å². The maximum atomic E-state index is 10.7. The van der Waals surface area contributed by atoms with Crippen LogP contribution in [-0.4, -0.2) is 15.8 Å². The van der Waals surface area contributed by atoms with E-state index in [0.717, 1.165) is 34.3 Å². The van der Waals surface area contributed by atoms with Crippen molar-refractivity contribution in [1.82, 2.24) is 0 Å². The van der Waals surface area contributed by atoms with Gasteiger partial charge in [-0.2, -0.15) is 5.11 Å². The number of nitro benzene ring substituents is 1. The monoisotopic (exact) mass is 381 g/mol. The molecule has 3 aromatic carbocycles. The summed E-state index contributed by atoms with van der Waals surface area (Å²) in [6, 6.07) is 15.3. The summed E-state index contributed by atoms with van der Waals surface area (Å²) >= 11 is 1.74. The largest absolute Gasteiger partial charge is 0.505 e. The van der Waals surface area contributed by atoms with Gasteiger partial charge in [-0.05, 0) is 35.8 Å². The molecule has 1 N–H and O–H groups in total. The molecule has 0 bridgehead atoms. The van der Waals surface area contributed by atoms with Crippen LogP contribution in [0.15, 0.2) is 69.7 Å². The number of phenols is 1. The number of hydrogen-bond donors (Lipinski definition) is 1. The van der Waals surface area contributed by atoms with Gasteiger partial charge in [-0.3, -0.25) is 10.1 Å². The third kappa shape index (κ3) is 4.43. The predicted octanol–water partition coefficient (Wildman–Crippen LogP) is 6.76. The Morgan fingerprint density at radius 3 is 2.44 bits per heavy atom. The number of fused-ring (bicyclic) bond motifs is 1. The molecule has 0 aliphatic carbocycles. The number of hydrogen-bond acceptors (Lipinski definition) is 6. The predicted molar refractivity (Wildman–Crippen MR) is 109 cm³/mol. The first-order chi connectivity index (χ1) is 13.1. The number of benzene rings is 3. The highest BCUT2D eigenvalue weighted by Crippen LogP contribution is 2.41. The van der Waals surface area contributed by atoms with Crippen LogP contribution in [0.4, 0.5) is 17.1 Å². The van der Waals surface area contributed by atoms with Crippen LogP contribution in [-0.2, 0) is 0 Å². The van der Waals surface area contributed by atoms with E-state index in [1.54, 1.807) is 11.8 Å². The molecule has 0 aliphatic rings. The number of rotatable bonds is 7. The smallest absolute Gasteiger partial charge is 0.269 e. The number of aromatic hydroxyl groups is 1. The van der Waals surface area contributed by atoms with Gasteiger partial charge < -0.3 is 5.11 Å². The van der Waals surface area contributed by atoms with E-state index in [9.17, 15) is 15.2 Å². The molecule has 3 aromatic rings. The Morgan fingerprint density at radius 1 is 1.07 bits per heavy atom. The number of unbranched alkanes of at least 4 members (excludes halogenated alkanes) is 1. The Hall–Kier alpha value is -2.93. The standard InChI is InChI=1S/C20H19N3O3S/c1-2-3-12-27-19-13-18(20(24)17-7-5-4-6-16(17)19)22-21-14-8-10-15(11-9-14)23(25)26/h4-11,13,24H,2-3,12H2,1H3/b22-21+. The molecule has 0 spiro atoms. The lowest BCUT2D eigenvalue weighted by molar-refractivity contribution is -0.384. The van der Waals surface area contributed by atoms with Crippen molar-refractivity contribution in [3.63, 3.8) is 0 Å². The molecule has 0 radical (unpaired) electrons. The number of thioether (sulfide) groups is 1. The summed E-state index contributed by atoms with van der Waals surface area (Å²) in [6.45, 7) is 2.15. The molecule has 27 heavy (non-hydrogen) atoms. The average molecular weight is 381 g/mol. The number of non-ortho nitro benzene ring substituents is 1. The zero-order valence-corrected chi connectivity index (χ0v) is 15.6. The molecule has 0 saturated carbocycles. The third-order valence-corrected chi connectivity index (χ3v) is 5.19. The van der Waals surface area contributed by atoms with Crippen molar-refractivity contribution >= 4 is 39.6 Å². The van der Waals surface area contributed by atoms with Crippen molar-refractivity contribution in [3.8, 4) is 5.75 Å². The van der Waals surface area contributed by atoms with Crippen molar-refractivity contribution < 1.29 is 10.0 Å². The van der Waals surface area contributed by atoms with Gasteiger partial charge in [-0.15, -0.1) is 16.9 Å². The Balaban J connectivity index is 1.95. The molecule has 3 rings (SSSR count). The summed E-state index contributed by atoms with van der Waals surface area (Å²) in [6.07, 6.45) is 2.23. The van der Waals surface area contributed by atoms with Crippen molar-refractivity contribution in [2.75, 3.05) is 5.75 Å². The first-order valence-electron chi connectivity index (χ1n) is 8.64. The number of nitro groups is 1. The zero-order chi connectivity index (χ0) is 19.2. The van der Waals surface area contributed by atoms with Crippen LogP contribution in [0.1, 0.15) is 19.8 Å². The van der Waals surface area contributed by atoms with Crippen molar-refractivity contribution in [2.45, 2.75) is 24.7 Å². The number of azo groups is 1. The van der Waals surface area contributed by atoms with E-state index in [-0.39, 0.29) is 11.4 Å². The van der Waals surface area contributed by atoms with Gasteiger partial charge in [0.25, 0.3) is 5.69 Å². The van der Waals surface area contributed by atoms with E-state index in [1.807, 2.05) is 30.3 Å². The lowest BCUT2D eigenvalue weighted by atomic mass is 10.1. The molecule has 0 heterocycles. The van der Waals surface area contributed by atoms with Crippen LogP contribution >= 0.6 is 11.8 Å². The molecule has 0 saturated heterocycles. The summed E-state index contributed by atoms with van der Waals surface area (Å²) in [5.74, 6) is 1.07. The van der Waals surface area contributed by atoms with Gasteiger partial charge >= 0.3 is 0 Å². The maximum Gasteiger partial charge on any atom is 0.269 e. The summed E-state index contributed by atoms with van der Waals surface area (Å²) in [7, 11) is 0. The van der Waals surface area contributed by atoms with E-state index in [1.165, 1.54) is 24.3 Å². The van der Waals surface area contributed by atoms with Crippen LogP contribution in [0.3, 0.4) is 0 Å². The van der Waals surface area contributed by atoms with Gasteiger partial charge in [0, 0.05) is 22.4 Å². The summed E-state index contributed by atoms with van der Waals surface area (Å²) in [5, 5.41) is 31.3. The molecule has 0 unspecified atom stereocenters. The highest BCUT2D eigenvalue weighted by Gasteiger charge is 2.11. The summed E-state index contributed by atoms with van der Waals surface area (Å²) in [5.41, 5.74) is 0.858. The van der Waals surface area contributed by atoms with E-state index in [2.05, 4.69) is 17.2 Å². The van der Waals surface area contributed by atoms with Gasteiger partial charge in [0.05, 0.1) is 10.6 Å². The molecule has 0 aromatic heterocycles. The van der Waals surface area contributed by atoms with Gasteiger partial charge in [-0.1, -0.05) is 37.6 Å². The van der Waals surface area contributed by atoms with Crippen LogP contribution < -0.4 is 0 Å². The van der Waals surface area contributed by atoms with E-state index in [0.29, 0.717) is 11.4 Å². The molecule has 138 valence electrons. The minimum Gasteiger partial charge on any atom is -0.505 e. The molecular formula is C20H19N3O3S. The Bertz CT molecular complexity index is 988. The van der Waals surface area contributed by atoms with E-state index < -0.39 is 4.92 Å². The second kappa shape index (κ2) is 8.64. The van der Waals surface area contributed by atoms with Gasteiger partial charge in [0.15, 0.2) is 5.75 Å². The summed E-state index contributed by atoms with van der Waals surface area (Å²) < 4.78 is 0. The fourth-order valence-corrected chi connectivity index (χ4v) is 3.77. The van der Waals surface area contributed by atoms with Crippen LogP contribution in [0.2, 0.25) is 0 Å². The molecule has 6 nitrogen and oxygen atoms in total. The van der Waals surface area contributed by atoms with Crippen LogP contribution in [0, 0.1) is 10.1 Å². The SMILES string of the molecule is CCCCSc1cc(/N=N/c2ccc([N+](=O)[O-])cc2)c(O)c2ccccc12. The molecule has 0 aliphatic heterocycles. The van der Waals surface area contributed by atoms with E-state index in [4.69, 9.17) is 0 Å². The molecular weight excluding hydrogens is 362 g/mol. The van der Waals surface area contributed by atoms with Gasteiger partial charge in [0.2, 0.25) is 0 Å². The second-order valence-corrected chi connectivity index (χ2v) is 7.10. The minimum atomic E-state index is -0.462. The Labute approximate surface area is 161 Å². The second-order valence-electron chi connectivity index (χ2n) is 5.96. The molecule has 0 atom stereocenters. The van der Waals surface area contributed by atoms with Gasteiger partial charge in [-0.25, -0.2) is 0 Å². The quantitative estimate of drug-likeness (QED) is 0.161. The van der Waals surface area contributed by atoms with E-state index >= 15 is 0 Å². The lowest BCUT2D eigenvalue weighted by Gasteiger charge is -2.10. The molecule has 0 amide bonds. The Kier molecular flexibility index (Phi) is 6.03. The van der Waals surface area contributed by atoms with Crippen molar-refractivity contribution in [3.05, 3.63) is 64.7 Å². The fraction of sp³-hybridized carbons (Fsp3) is 0.200. The molecule has 7 heteroatoms. The maximum absolute atomic E-state index is 10.7. The van der Waals surface area contributed by atoms with Crippen LogP contribution in [0.25, 0.3) is 10.8 Å². The third-order valence-electron chi connectivity index (χ3n) is 4.05. The topological polar surface area (TPSA) is 88.1 Å². The van der Waals surface area contributed by atoms with Gasteiger partial charge in [0.1, 0.15) is 5.69 Å². The normalized spacial score (nSPS) is 11.3. The van der Waals surface area contributed by atoms with Crippen LogP contribution in [0.5, 0.6) is 5.75 Å². The lowest BCUT2D eigenvalue weighted by Crippen LogP contribution is -1.85. The Morgan fingerprint density at radius 2 is 1.78 bits per heavy atom. The number of phenolic OH excluding ortho intramolecular Hbond substituents is 1. The first-order valence-corrected chi connectivity index (χ1v) is 9.62. The van der Waals surface area contributed by atoms with Crippen molar-refractivity contribution in [1.29, 1.82) is 0 Å². The number of nitrogens with zero attached hydrogens (tertiary/aromatic N) is 3. The fourth-order valence-electron chi connectivity index (χ4n) is 2.59. The molecule has 0 fully saturated rings. The highest BCUT2D eigenvalue weighted by atomic mass is 32.2. The zero-order valence-electron chi connectivity index (χ0n) is 14.8. The first kappa shape index (κ1) is 18.8. The average Bonchev–Trinajstić information content (AvgIpc) is 2.69. The highest BCUT2D eigenvalue weighted by molar-refractivity contribution is 7.99. The minimum absolute atomic E-state index is 0.00267. The summed E-state index contributed by atoms with van der Waals surface area (Å²) in [4.78, 5) is 11.3.